The lowest BCUT2D eigenvalue weighted by atomic mass is 9.71. The molecule has 0 fully saturated rings. The standard InChI is InChI=1S/C70H60S24/c1-69-45-21-9-39(10-22-45)33-77-57-51(71-3)83-63(89-57)66-86-54(74-6)60(92-66)80-36-42-15-27-48(28-16-42)70(2,49-29-17-43(18-30-49)37-81-61-55(75-7)87-67(93-61)64-84-52(72-4)58(90-64)78-34-40-11-23-46(69)24-12-40)50-31-19-44(20-32-50)38-82-62-56(76-8)88-68(94-62)65-85-53(73-5)59(91-65)79-35-41-13-25-47(69)26-14-41/h9-32H,33-38H2,1-8H3/b66-63-,67-64-,68-65-. The molecule has 94 heavy (non-hydrogen) atoms. The average molecular weight is 1670 g/mol. The van der Waals surface area contributed by atoms with Gasteiger partial charge in [-0.1, -0.05) is 287 Å². The van der Waals surface area contributed by atoms with E-state index in [2.05, 4.69) is 197 Å². The Morgan fingerprint density at radius 2 is 0.340 bits per heavy atom. The van der Waals surface area contributed by atoms with Crippen molar-refractivity contribution in [2.45, 2.75) is 59.2 Å². The highest BCUT2D eigenvalue weighted by atomic mass is 32.3. The summed E-state index contributed by atoms with van der Waals surface area (Å²) in [4.78, 5) is 0. The van der Waals surface area contributed by atoms with Crippen molar-refractivity contribution in [3.8, 4) is 0 Å². The lowest BCUT2D eigenvalue weighted by molar-refractivity contribution is 0.691. The molecule has 0 amide bonds. The van der Waals surface area contributed by atoms with Gasteiger partial charge >= 0.3 is 0 Å². The predicted molar refractivity (Wildman–Crippen MR) is 473 cm³/mol. The minimum absolute atomic E-state index is 0.381. The second-order valence-corrected chi connectivity index (χ2v) is 49.5. The van der Waals surface area contributed by atoms with Crippen LogP contribution in [0, 0.1) is 0 Å². The molecule has 33 rings (SSSR count). The van der Waals surface area contributed by atoms with Crippen molar-refractivity contribution in [3.05, 3.63) is 289 Å². The van der Waals surface area contributed by atoms with Crippen molar-refractivity contribution in [2.24, 2.45) is 0 Å². The van der Waals surface area contributed by atoms with E-state index in [0.717, 1.165) is 34.5 Å². The molecule has 0 N–H and O–H groups in total. The SMILES string of the molecule is CSC1=C2SCc3ccc(cc3)C3(C)c4ccc(cc4)CSC4=C(SC)S/C(=C5\SC(SC)=C(SCc6ccc(cc6)C(C)(c6ccc(cc6)CSC6=C(SC)S/C(=C(\S1)S2)S6)c1ccc(cc1)CSC1=C(SC)S/C(=C2\SC(SC)=C(SCc6ccc3cc6)S2)S1)S5)S4. The van der Waals surface area contributed by atoms with Crippen LogP contribution in [0.3, 0.4) is 0 Å². The zero-order valence-corrected chi connectivity index (χ0v) is 71.5. The summed E-state index contributed by atoms with van der Waals surface area (Å²) in [6.45, 7) is 4.90. The largest absolute Gasteiger partial charge is 0.121 e. The van der Waals surface area contributed by atoms with Crippen molar-refractivity contribution in [1.29, 1.82) is 0 Å². The minimum Gasteiger partial charge on any atom is -0.121 e. The Bertz CT molecular complexity index is 3500. The molecule has 0 radical (unpaired) electrons. The Kier molecular flexibility index (Phi) is 25.6. The third kappa shape index (κ3) is 16.0. The summed E-state index contributed by atoms with van der Waals surface area (Å²) in [6.07, 6.45) is 13.5. The number of thioether (sulfide) groups is 24. The third-order valence-electron chi connectivity index (χ3n) is 16.2. The highest BCUT2D eigenvalue weighted by Crippen LogP contribution is 2.69. The maximum atomic E-state index is 2.45. The van der Waals surface area contributed by atoms with E-state index < -0.39 is 0 Å². The van der Waals surface area contributed by atoms with Crippen molar-refractivity contribution in [1.82, 2.24) is 0 Å². The van der Waals surface area contributed by atoms with Crippen LogP contribution in [0.4, 0.5) is 0 Å². The fourth-order valence-corrected chi connectivity index (χ4v) is 44.1. The maximum Gasteiger partial charge on any atom is 0.0717 e. The van der Waals surface area contributed by atoms with Crippen LogP contribution in [0.1, 0.15) is 80.6 Å². The van der Waals surface area contributed by atoms with Gasteiger partial charge in [-0.2, -0.15) is 0 Å². The molecule has 27 heterocycles. The van der Waals surface area contributed by atoms with Gasteiger partial charge in [-0.15, -0.1) is 141 Å². The Labute approximate surface area is 658 Å². The molecule has 0 nitrogen and oxygen atoms in total. The molecule has 6 aromatic rings. The van der Waals surface area contributed by atoms with Gasteiger partial charge in [-0.05, 0) is 118 Å². The Hall–Kier alpha value is 1.38. The van der Waals surface area contributed by atoms with E-state index in [1.54, 1.807) is 0 Å². The molecule has 0 saturated heterocycles. The van der Waals surface area contributed by atoms with Gasteiger partial charge in [0.15, 0.2) is 0 Å². The van der Waals surface area contributed by atoms with Crippen LogP contribution in [-0.2, 0) is 45.3 Å². The van der Waals surface area contributed by atoms with E-state index in [1.807, 2.05) is 282 Å². The molecule has 0 aromatic heterocycles. The van der Waals surface area contributed by atoms with Gasteiger partial charge in [0, 0.05) is 45.3 Å². The second-order valence-electron chi connectivity index (χ2n) is 21.8. The topological polar surface area (TPSA) is 0 Å². The third-order valence-corrected chi connectivity index (χ3v) is 50.5. The van der Waals surface area contributed by atoms with Gasteiger partial charge in [0.25, 0.3) is 0 Å². The summed E-state index contributed by atoms with van der Waals surface area (Å²) in [5, 5.41) is 0. The van der Waals surface area contributed by atoms with Crippen molar-refractivity contribution < 1.29 is 0 Å². The summed E-state index contributed by atoms with van der Waals surface area (Å²) in [5.41, 5.74) is 15.2. The van der Waals surface area contributed by atoms with Crippen molar-refractivity contribution in [3.63, 3.8) is 0 Å². The number of hydrogen-bond donors (Lipinski definition) is 0. The molecule has 484 valence electrons. The van der Waals surface area contributed by atoms with Crippen LogP contribution in [-0.4, -0.2) is 37.5 Å². The van der Waals surface area contributed by atoms with E-state index in [9.17, 15) is 0 Å². The number of rotatable bonds is 6. The first kappa shape index (κ1) is 72.3. The van der Waals surface area contributed by atoms with Gasteiger partial charge in [-0.3, -0.25) is 0 Å². The molecule has 0 spiro atoms. The highest BCUT2D eigenvalue weighted by Gasteiger charge is 2.37. The first-order valence-corrected chi connectivity index (χ1v) is 52.4. The molecule has 0 unspecified atom stereocenters. The zero-order valence-electron chi connectivity index (χ0n) is 51.9. The minimum atomic E-state index is -0.381. The summed E-state index contributed by atoms with van der Waals surface area (Å²) in [7, 11) is 0. The average Bonchev–Trinajstić information content (AvgIpc) is 1.32. The molecule has 0 saturated carbocycles. The molecule has 6 aromatic carbocycles. The summed E-state index contributed by atoms with van der Waals surface area (Å²) >= 11 is 47.1. The predicted octanol–water partition coefficient (Wildman–Crippen LogP) is 29.7. The Morgan fingerprint density at radius 3 is 0.468 bits per heavy atom. The van der Waals surface area contributed by atoms with Crippen LogP contribution in [0.15, 0.2) is 222 Å². The van der Waals surface area contributed by atoms with Crippen molar-refractivity contribution in [2.75, 3.05) is 37.5 Å². The molecule has 26 bridgehead atoms. The molecule has 24 heteroatoms. The van der Waals surface area contributed by atoms with Crippen LogP contribution in [0.5, 0.6) is 0 Å². The van der Waals surface area contributed by atoms with Crippen LogP contribution < -0.4 is 0 Å². The summed E-state index contributed by atoms with van der Waals surface area (Å²) < 4.78 is 25.5. The quantitative estimate of drug-likeness (QED) is 0.155. The number of benzene rings is 6. The molecule has 27 aliphatic heterocycles. The van der Waals surface area contributed by atoms with E-state index >= 15 is 0 Å². The van der Waals surface area contributed by atoms with E-state index in [0.29, 0.717) is 0 Å². The van der Waals surface area contributed by atoms with Gasteiger partial charge in [0.2, 0.25) is 0 Å². The second kappa shape index (κ2) is 33.2. The normalized spacial score (nSPS) is 24.8. The first-order chi connectivity index (χ1) is 45.9. The fraction of sp³-hybridized carbons (Fsp3) is 0.229. The van der Waals surface area contributed by atoms with Crippen LogP contribution in [0.25, 0.3) is 0 Å². The highest BCUT2D eigenvalue weighted by molar-refractivity contribution is 8.47. The summed E-state index contributed by atoms with van der Waals surface area (Å²) in [6, 6.07) is 57.8. The van der Waals surface area contributed by atoms with Crippen LogP contribution >= 0.6 is 282 Å². The molecular formula is C70H60S24. The monoisotopic (exact) mass is 1670 g/mol. The van der Waals surface area contributed by atoms with Gasteiger partial charge in [-0.25, -0.2) is 0 Å². The molecule has 0 atom stereocenters. The van der Waals surface area contributed by atoms with E-state index in [1.165, 1.54) is 143 Å². The smallest absolute Gasteiger partial charge is 0.0717 e. The fourth-order valence-electron chi connectivity index (χ4n) is 10.9. The Morgan fingerprint density at radius 1 is 0.202 bits per heavy atom. The van der Waals surface area contributed by atoms with Gasteiger partial charge < -0.3 is 0 Å². The zero-order chi connectivity index (χ0) is 64.5. The van der Waals surface area contributed by atoms with E-state index in [-0.39, 0.29) is 10.8 Å². The van der Waals surface area contributed by atoms with Crippen molar-refractivity contribution >= 4 is 282 Å². The Balaban J connectivity index is 0.842. The lowest BCUT2D eigenvalue weighted by Crippen LogP contribution is -2.25. The number of hydrogen-bond acceptors (Lipinski definition) is 24. The van der Waals surface area contributed by atoms with Crippen LogP contribution in [0.2, 0.25) is 0 Å². The molecular weight excluding hydrogens is 1610 g/mol. The first-order valence-electron chi connectivity index (χ1n) is 29.3. The molecule has 0 aliphatic carbocycles. The van der Waals surface area contributed by atoms with E-state index in [4.69, 9.17) is 0 Å². The summed E-state index contributed by atoms with van der Waals surface area (Å²) in [5.74, 6) is 5.54. The molecule has 27 aliphatic rings. The maximum absolute atomic E-state index is 2.45. The van der Waals surface area contributed by atoms with Gasteiger partial charge in [0.05, 0.1) is 76.3 Å². The lowest BCUT2D eigenvalue weighted by Gasteiger charge is -2.32. The van der Waals surface area contributed by atoms with Gasteiger partial charge in [0.1, 0.15) is 0 Å².